The molecule has 0 radical (unpaired) electrons. The Bertz CT molecular complexity index is 344. The molecule has 1 atom stereocenters. The number of hydrogen-bond acceptors (Lipinski definition) is 2. The average Bonchev–Trinajstić information content (AvgIpc) is 2.23. The summed E-state index contributed by atoms with van der Waals surface area (Å²) in [6, 6.07) is 5.09. The lowest BCUT2D eigenvalue weighted by atomic mass is 10.1. The van der Waals surface area contributed by atoms with E-state index in [4.69, 9.17) is 5.11 Å². The molecule has 4 heteroatoms. The third-order valence-corrected chi connectivity index (χ3v) is 3.20. The third-order valence-electron chi connectivity index (χ3n) is 2.55. The van der Waals surface area contributed by atoms with Crippen molar-refractivity contribution in [3.8, 4) is 0 Å². The van der Waals surface area contributed by atoms with Gasteiger partial charge in [0.25, 0.3) is 0 Å². The molecule has 1 aromatic rings. The number of aliphatic hydroxyl groups is 1. The summed E-state index contributed by atoms with van der Waals surface area (Å²) in [5.74, 6) is 0.0923. The Morgan fingerprint density at radius 3 is 2.62 bits per heavy atom. The normalized spacial score (nSPS) is 13.1. The summed E-state index contributed by atoms with van der Waals surface area (Å²) in [6.07, 6.45) is 0. The minimum Gasteiger partial charge on any atom is -0.395 e. The van der Waals surface area contributed by atoms with Crippen LogP contribution in [0.3, 0.4) is 0 Å². The molecule has 2 nitrogen and oxygen atoms in total. The molecule has 0 aliphatic carbocycles. The fourth-order valence-electron chi connectivity index (χ4n) is 1.41. The fraction of sp³-hybridized carbons (Fsp3) is 0.500. The van der Waals surface area contributed by atoms with Gasteiger partial charge in [-0.25, -0.2) is 4.39 Å². The van der Waals surface area contributed by atoms with E-state index in [0.29, 0.717) is 16.9 Å². The van der Waals surface area contributed by atoms with Gasteiger partial charge in [-0.3, -0.25) is 0 Å². The molecule has 0 aromatic heterocycles. The van der Waals surface area contributed by atoms with Gasteiger partial charge < -0.3 is 10.4 Å². The zero-order valence-corrected chi connectivity index (χ0v) is 11.1. The second-order valence-corrected chi connectivity index (χ2v) is 5.02. The van der Waals surface area contributed by atoms with Crippen LogP contribution < -0.4 is 5.32 Å². The van der Waals surface area contributed by atoms with Gasteiger partial charge in [0.05, 0.1) is 11.1 Å². The zero-order valence-electron chi connectivity index (χ0n) is 9.50. The van der Waals surface area contributed by atoms with Crippen LogP contribution in [0.4, 0.5) is 4.39 Å². The van der Waals surface area contributed by atoms with E-state index < -0.39 is 0 Å². The average molecular weight is 290 g/mol. The predicted octanol–water partition coefficient (Wildman–Crippen LogP) is 2.69. The standard InChI is InChI=1S/C12H17BrFNO/c1-8(2)12(7-16)15-6-9-3-4-10(13)11(14)5-9/h3-5,8,12,15-16H,6-7H2,1-2H3. The van der Waals surface area contributed by atoms with Gasteiger partial charge in [0.1, 0.15) is 5.82 Å². The summed E-state index contributed by atoms with van der Waals surface area (Å²) in [6.45, 7) is 4.73. The SMILES string of the molecule is CC(C)C(CO)NCc1ccc(Br)c(F)c1. The first-order chi connectivity index (χ1) is 7.54. The Balaban J connectivity index is 2.57. The van der Waals surface area contributed by atoms with Crippen molar-refractivity contribution >= 4 is 15.9 Å². The van der Waals surface area contributed by atoms with Crippen LogP contribution in [-0.2, 0) is 6.54 Å². The number of benzene rings is 1. The van der Waals surface area contributed by atoms with Gasteiger partial charge in [0.15, 0.2) is 0 Å². The molecule has 1 rings (SSSR count). The van der Waals surface area contributed by atoms with Gasteiger partial charge in [0.2, 0.25) is 0 Å². The summed E-state index contributed by atoms with van der Waals surface area (Å²) in [7, 11) is 0. The Morgan fingerprint density at radius 2 is 2.12 bits per heavy atom. The molecule has 0 saturated carbocycles. The van der Waals surface area contributed by atoms with Crippen molar-refractivity contribution in [1.29, 1.82) is 0 Å². The van der Waals surface area contributed by atoms with Crippen LogP contribution in [0.15, 0.2) is 22.7 Å². The summed E-state index contributed by atoms with van der Waals surface area (Å²) < 4.78 is 13.7. The lowest BCUT2D eigenvalue weighted by Crippen LogP contribution is -2.36. The molecule has 0 spiro atoms. The molecule has 0 saturated heterocycles. The molecule has 0 heterocycles. The minimum absolute atomic E-state index is 0.0479. The highest BCUT2D eigenvalue weighted by molar-refractivity contribution is 9.10. The summed E-state index contributed by atoms with van der Waals surface area (Å²) in [5.41, 5.74) is 0.875. The van der Waals surface area contributed by atoms with Gasteiger partial charge in [-0.1, -0.05) is 19.9 Å². The van der Waals surface area contributed by atoms with Gasteiger partial charge in [0, 0.05) is 12.6 Å². The highest BCUT2D eigenvalue weighted by Crippen LogP contribution is 2.16. The molecule has 16 heavy (non-hydrogen) atoms. The number of nitrogens with one attached hydrogen (secondary N) is 1. The van der Waals surface area contributed by atoms with Crippen molar-refractivity contribution in [2.24, 2.45) is 5.92 Å². The summed E-state index contributed by atoms with van der Waals surface area (Å²) >= 11 is 3.11. The number of aliphatic hydroxyl groups excluding tert-OH is 1. The van der Waals surface area contributed by atoms with Gasteiger partial charge in [-0.05, 0) is 39.5 Å². The summed E-state index contributed by atoms with van der Waals surface area (Å²) in [5, 5.41) is 12.3. The first-order valence-corrected chi connectivity index (χ1v) is 6.12. The van der Waals surface area contributed by atoms with Crippen LogP contribution in [0, 0.1) is 11.7 Å². The Labute approximate surface area is 104 Å². The number of rotatable bonds is 5. The van der Waals surface area contributed by atoms with Crippen molar-refractivity contribution in [3.05, 3.63) is 34.1 Å². The molecule has 90 valence electrons. The van der Waals surface area contributed by atoms with Crippen molar-refractivity contribution in [1.82, 2.24) is 5.32 Å². The van der Waals surface area contributed by atoms with Gasteiger partial charge in [-0.15, -0.1) is 0 Å². The van der Waals surface area contributed by atoms with E-state index in [1.54, 1.807) is 6.07 Å². The maximum Gasteiger partial charge on any atom is 0.137 e. The largest absolute Gasteiger partial charge is 0.395 e. The maximum atomic E-state index is 13.2. The van der Waals surface area contributed by atoms with Crippen LogP contribution >= 0.6 is 15.9 Å². The van der Waals surface area contributed by atoms with Crippen molar-refractivity contribution in [2.75, 3.05) is 6.61 Å². The van der Waals surface area contributed by atoms with E-state index in [9.17, 15) is 4.39 Å². The highest BCUT2D eigenvalue weighted by Gasteiger charge is 2.11. The Kier molecular flexibility index (Phi) is 5.38. The molecule has 0 aliphatic heterocycles. The quantitative estimate of drug-likeness (QED) is 0.874. The van der Waals surface area contributed by atoms with E-state index in [0.717, 1.165) is 5.56 Å². The second-order valence-electron chi connectivity index (χ2n) is 4.16. The van der Waals surface area contributed by atoms with Crippen molar-refractivity contribution in [2.45, 2.75) is 26.4 Å². The van der Waals surface area contributed by atoms with Gasteiger partial charge in [-0.2, -0.15) is 0 Å². The smallest absolute Gasteiger partial charge is 0.137 e. The molecular formula is C12H17BrFNO. The van der Waals surface area contributed by atoms with Crippen LogP contribution in [0.2, 0.25) is 0 Å². The Hall–Kier alpha value is -0.450. The second kappa shape index (κ2) is 6.33. The van der Waals surface area contributed by atoms with Crippen molar-refractivity contribution < 1.29 is 9.50 Å². The van der Waals surface area contributed by atoms with Crippen molar-refractivity contribution in [3.63, 3.8) is 0 Å². The first kappa shape index (κ1) is 13.6. The topological polar surface area (TPSA) is 32.3 Å². The van der Waals surface area contributed by atoms with Gasteiger partial charge >= 0.3 is 0 Å². The molecule has 0 fully saturated rings. The molecule has 0 aliphatic rings. The molecule has 0 amide bonds. The van der Waals surface area contributed by atoms with Crippen LogP contribution in [0.1, 0.15) is 19.4 Å². The van der Waals surface area contributed by atoms with E-state index in [1.165, 1.54) is 6.07 Å². The molecule has 1 unspecified atom stereocenters. The lowest BCUT2D eigenvalue weighted by Gasteiger charge is -2.19. The van der Waals surface area contributed by atoms with Crippen LogP contribution in [0.5, 0.6) is 0 Å². The van der Waals surface area contributed by atoms with Crippen LogP contribution in [0.25, 0.3) is 0 Å². The van der Waals surface area contributed by atoms with E-state index in [-0.39, 0.29) is 18.5 Å². The zero-order chi connectivity index (χ0) is 12.1. The Morgan fingerprint density at radius 1 is 1.44 bits per heavy atom. The number of halogens is 2. The molecule has 0 bridgehead atoms. The predicted molar refractivity (Wildman–Crippen MR) is 66.7 cm³/mol. The van der Waals surface area contributed by atoms with E-state index in [1.807, 2.05) is 19.9 Å². The summed E-state index contributed by atoms with van der Waals surface area (Å²) in [4.78, 5) is 0. The maximum absolute atomic E-state index is 13.2. The molecule has 2 N–H and O–H groups in total. The minimum atomic E-state index is -0.260. The number of hydrogen-bond donors (Lipinski definition) is 2. The monoisotopic (exact) mass is 289 g/mol. The lowest BCUT2D eigenvalue weighted by molar-refractivity contribution is 0.210. The van der Waals surface area contributed by atoms with E-state index in [2.05, 4.69) is 21.2 Å². The van der Waals surface area contributed by atoms with Crippen LogP contribution in [-0.4, -0.2) is 17.8 Å². The highest BCUT2D eigenvalue weighted by atomic mass is 79.9. The third kappa shape index (κ3) is 3.85. The molecular weight excluding hydrogens is 273 g/mol. The first-order valence-electron chi connectivity index (χ1n) is 5.32. The fourth-order valence-corrected chi connectivity index (χ4v) is 1.66. The molecule has 1 aromatic carbocycles. The van der Waals surface area contributed by atoms with E-state index >= 15 is 0 Å².